The number of amides is 1. The number of thiazole rings is 1. The highest BCUT2D eigenvalue weighted by Gasteiger charge is 2.32. The third-order valence-corrected chi connectivity index (χ3v) is 11.2. The van der Waals surface area contributed by atoms with Crippen LogP contribution in [0.25, 0.3) is 0 Å². The van der Waals surface area contributed by atoms with Gasteiger partial charge < -0.3 is 26.2 Å². The summed E-state index contributed by atoms with van der Waals surface area (Å²) in [6, 6.07) is 12.4. The van der Waals surface area contributed by atoms with E-state index in [-0.39, 0.29) is 39.3 Å². The minimum atomic E-state index is -3.70. The van der Waals surface area contributed by atoms with E-state index in [4.69, 9.17) is 0 Å². The van der Waals surface area contributed by atoms with Gasteiger partial charge in [0.15, 0.2) is 9.34 Å². The van der Waals surface area contributed by atoms with Gasteiger partial charge in [0.05, 0.1) is 23.7 Å². The molecule has 3 aromatic rings. The SMILES string of the molecule is CC(=O)Nc1nc(C)c(S(=O)(=O)N2CCC(Nc3ccc(CCNC[C@@H](O)c4ccc(O)c(NS(C)(=O)=O)c4)cc3)CC2)s1. The minimum Gasteiger partial charge on any atom is -0.506 e. The highest BCUT2D eigenvalue weighted by atomic mass is 32.2. The molecule has 1 atom stereocenters. The van der Waals surface area contributed by atoms with Gasteiger partial charge in [-0.05, 0) is 68.1 Å². The summed E-state index contributed by atoms with van der Waals surface area (Å²) in [6.45, 7) is 4.58. The monoisotopic (exact) mass is 666 g/mol. The van der Waals surface area contributed by atoms with Crippen LogP contribution in [0.4, 0.5) is 16.5 Å². The number of carbonyl (C=O) groups is 1. The number of nitrogens with zero attached hydrogens (tertiary/aromatic N) is 2. The summed E-state index contributed by atoms with van der Waals surface area (Å²) in [6.07, 6.45) is 2.11. The number of sulfonamides is 2. The van der Waals surface area contributed by atoms with Gasteiger partial charge in [0, 0.05) is 38.3 Å². The zero-order chi connectivity index (χ0) is 32.1. The summed E-state index contributed by atoms with van der Waals surface area (Å²) in [7, 11) is -7.27. The fraction of sp³-hybridized carbons (Fsp3) is 0.429. The predicted octanol–water partition coefficient (Wildman–Crippen LogP) is 2.62. The lowest BCUT2D eigenvalue weighted by atomic mass is 10.1. The van der Waals surface area contributed by atoms with E-state index in [1.165, 1.54) is 29.4 Å². The summed E-state index contributed by atoms with van der Waals surface area (Å²) in [4.78, 5) is 15.5. The molecule has 240 valence electrons. The van der Waals surface area contributed by atoms with Crippen molar-refractivity contribution in [3.63, 3.8) is 0 Å². The van der Waals surface area contributed by atoms with Crippen LogP contribution >= 0.6 is 11.3 Å². The van der Waals surface area contributed by atoms with Gasteiger partial charge in [-0.3, -0.25) is 9.52 Å². The Morgan fingerprint density at radius 3 is 2.43 bits per heavy atom. The molecule has 1 aromatic heterocycles. The maximum atomic E-state index is 13.2. The van der Waals surface area contributed by atoms with Crippen LogP contribution in [0.2, 0.25) is 0 Å². The fourth-order valence-electron chi connectivity index (χ4n) is 4.82. The standard InChI is InChI=1S/C28H38N6O7S3/c1-18-27(42-28(30-18)31-19(2)35)44(40,41)34-14-11-23(12-15-34)32-22-7-4-20(5-8-22)10-13-29-17-26(37)21-6-9-25(36)24(16-21)33-43(3,38)39/h4-9,16,23,26,29,32-33,36-37H,10-15,17H2,1-3H3,(H,30,31,35)/t26-/m1/s1. The molecule has 13 nitrogen and oxygen atoms in total. The lowest BCUT2D eigenvalue weighted by Gasteiger charge is -2.31. The first-order chi connectivity index (χ1) is 20.7. The van der Waals surface area contributed by atoms with Crippen LogP contribution in [-0.2, 0) is 31.3 Å². The molecule has 0 radical (unpaired) electrons. The van der Waals surface area contributed by atoms with Crippen molar-refractivity contribution in [3.8, 4) is 5.75 Å². The van der Waals surface area contributed by atoms with Crippen LogP contribution in [0, 0.1) is 6.92 Å². The Bertz CT molecular complexity index is 1670. The Balaban J connectivity index is 1.21. The quantitative estimate of drug-likeness (QED) is 0.117. The van der Waals surface area contributed by atoms with Crippen molar-refractivity contribution in [2.45, 2.75) is 49.5 Å². The van der Waals surface area contributed by atoms with Crippen LogP contribution in [0.1, 0.15) is 42.7 Å². The fourth-order valence-corrected chi connectivity index (χ4v) is 8.45. The largest absolute Gasteiger partial charge is 0.506 e. The van der Waals surface area contributed by atoms with Gasteiger partial charge in [-0.2, -0.15) is 4.31 Å². The van der Waals surface area contributed by atoms with Crippen LogP contribution in [0.3, 0.4) is 0 Å². The number of piperidine rings is 1. The normalized spacial score (nSPS) is 15.5. The third kappa shape index (κ3) is 9.12. The molecule has 4 rings (SSSR count). The topological polar surface area (TPSA) is 190 Å². The maximum Gasteiger partial charge on any atom is 0.254 e. The second-order valence-corrected chi connectivity index (χ2v) is 15.6. The van der Waals surface area contributed by atoms with Crippen LogP contribution in [0.5, 0.6) is 5.75 Å². The van der Waals surface area contributed by atoms with Crippen molar-refractivity contribution >= 4 is 53.8 Å². The average Bonchev–Trinajstić information content (AvgIpc) is 3.32. The zero-order valence-corrected chi connectivity index (χ0v) is 27.2. The molecule has 0 aliphatic carbocycles. The van der Waals surface area contributed by atoms with Gasteiger partial charge in [0.25, 0.3) is 10.0 Å². The number of phenols is 1. The second kappa shape index (κ2) is 14.2. The molecule has 1 saturated heterocycles. The Morgan fingerprint density at radius 2 is 1.80 bits per heavy atom. The molecule has 2 aromatic carbocycles. The number of carbonyl (C=O) groups excluding carboxylic acids is 1. The van der Waals surface area contributed by atoms with Crippen molar-refractivity contribution in [2.24, 2.45) is 0 Å². The van der Waals surface area contributed by atoms with E-state index in [0.717, 1.165) is 35.3 Å². The smallest absolute Gasteiger partial charge is 0.254 e. The van der Waals surface area contributed by atoms with Crippen molar-refractivity contribution < 1.29 is 31.8 Å². The number of aryl methyl sites for hydroxylation is 1. The van der Waals surface area contributed by atoms with Gasteiger partial charge in [-0.15, -0.1) is 0 Å². The van der Waals surface area contributed by atoms with E-state index < -0.39 is 26.2 Å². The van der Waals surface area contributed by atoms with E-state index in [2.05, 4.69) is 25.7 Å². The first-order valence-electron chi connectivity index (χ1n) is 14.0. The molecular formula is C28H38N6O7S3. The molecule has 6 N–H and O–H groups in total. The summed E-state index contributed by atoms with van der Waals surface area (Å²) in [5.41, 5.74) is 2.90. The van der Waals surface area contributed by atoms with Crippen molar-refractivity contribution in [2.75, 3.05) is 47.8 Å². The van der Waals surface area contributed by atoms with Crippen molar-refractivity contribution in [3.05, 3.63) is 59.3 Å². The molecule has 0 spiro atoms. The number of nitrogens with one attached hydrogen (secondary N) is 4. The first kappa shape index (κ1) is 33.6. The number of aliphatic hydroxyl groups is 1. The number of hydrogen-bond acceptors (Lipinski definition) is 11. The number of rotatable bonds is 13. The van der Waals surface area contributed by atoms with Gasteiger partial charge in [0.2, 0.25) is 15.9 Å². The number of aliphatic hydroxyl groups excluding tert-OH is 1. The number of hydrogen-bond donors (Lipinski definition) is 6. The number of aromatic nitrogens is 1. The van der Waals surface area contributed by atoms with Gasteiger partial charge in [-0.1, -0.05) is 29.5 Å². The number of aromatic hydroxyl groups is 1. The molecule has 1 fully saturated rings. The summed E-state index contributed by atoms with van der Waals surface area (Å²) >= 11 is 0.969. The van der Waals surface area contributed by atoms with E-state index in [0.29, 0.717) is 43.7 Å². The second-order valence-electron chi connectivity index (χ2n) is 10.7. The highest BCUT2D eigenvalue weighted by molar-refractivity contribution is 7.92. The van der Waals surface area contributed by atoms with E-state index in [1.807, 2.05) is 24.3 Å². The molecule has 1 aliphatic heterocycles. The number of anilines is 3. The van der Waals surface area contributed by atoms with E-state index in [9.17, 15) is 31.8 Å². The van der Waals surface area contributed by atoms with Crippen molar-refractivity contribution in [1.29, 1.82) is 0 Å². The molecule has 0 saturated carbocycles. The Labute approximate surface area is 261 Å². The van der Waals surface area contributed by atoms with Gasteiger partial charge >= 0.3 is 0 Å². The van der Waals surface area contributed by atoms with E-state index >= 15 is 0 Å². The van der Waals surface area contributed by atoms with Gasteiger partial charge in [-0.25, -0.2) is 21.8 Å². The molecule has 1 aliphatic rings. The molecule has 1 amide bonds. The van der Waals surface area contributed by atoms with Crippen molar-refractivity contribution in [1.82, 2.24) is 14.6 Å². The maximum absolute atomic E-state index is 13.2. The van der Waals surface area contributed by atoms with Crippen LogP contribution < -0.4 is 20.7 Å². The first-order valence-corrected chi connectivity index (χ1v) is 18.2. The molecular weight excluding hydrogens is 629 g/mol. The summed E-state index contributed by atoms with van der Waals surface area (Å²) < 4.78 is 53.3. The molecule has 16 heteroatoms. The lowest BCUT2D eigenvalue weighted by Crippen LogP contribution is -2.42. The zero-order valence-electron chi connectivity index (χ0n) is 24.7. The minimum absolute atomic E-state index is 0.0117. The lowest BCUT2D eigenvalue weighted by molar-refractivity contribution is -0.114. The van der Waals surface area contributed by atoms with E-state index in [1.54, 1.807) is 6.92 Å². The summed E-state index contributed by atoms with van der Waals surface area (Å²) in [5, 5.41) is 29.9. The molecule has 2 heterocycles. The number of phenolic OH excluding ortho intramolecular Hbond substituents is 1. The van der Waals surface area contributed by atoms with Crippen LogP contribution in [0.15, 0.2) is 46.7 Å². The molecule has 0 bridgehead atoms. The Morgan fingerprint density at radius 1 is 1.11 bits per heavy atom. The third-order valence-electron chi connectivity index (χ3n) is 7.02. The molecule has 0 unspecified atom stereocenters. The average molecular weight is 667 g/mol. The summed E-state index contributed by atoms with van der Waals surface area (Å²) in [5.74, 6) is -0.527. The van der Waals surface area contributed by atoms with Crippen LogP contribution in [-0.4, -0.2) is 80.7 Å². The Hall–Kier alpha value is -3.28. The Kier molecular flexibility index (Phi) is 10.9. The number of benzene rings is 2. The highest BCUT2D eigenvalue weighted by Crippen LogP contribution is 2.32. The molecule has 44 heavy (non-hydrogen) atoms. The predicted molar refractivity (Wildman–Crippen MR) is 171 cm³/mol. The van der Waals surface area contributed by atoms with Gasteiger partial charge in [0.1, 0.15) is 5.75 Å².